The van der Waals surface area contributed by atoms with E-state index < -0.39 is 0 Å². The van der Waals surface area contributed by atoms with Crippen LogP contribution in [0.4, 0.5) is 0 Å². The van der Waals surface area contributed by atoms with Gasteiger partial charge in [-0.2, -0.15) is 5.10 Å². The molecule has 0 aromatic carbocycles. The standard InChI is InChI=1S/C12H18ClN3O/c13-6-1-4-12(17)16-8-2-3-10(9-16)11-5-7-14-15-11/h5,7,10H,1-4,6,8-9H2,(H,14,15). The molecule has 4 nitrogen and oxygen atoms in total. The lowest BCUT2D eigenvalue weighted by atomic mass is 9.94. The van der Waals surface area contributed by atoms with E-state index in [1.807, 2.05) is 11.0 Å². The second kappa shape index (κ2) is 6.05. The molecule has 2 heterocycles. The number of H-pyrrole nitrogens is 1. The Morgan fingerprint density at radius 2 is 2.53 bits per heavy atom. The summed E-state index contributed by atoms with van der Waals surface area (Å²) in [5.74, 6) is 1.20. The van der Waals surface area contributed by atoms with Crippen LogP contribution in [0.5, 0.6) is 0 Å². The Labute approximate surface area is 106 Å². The lowest BCUT2D eigenvalue weighted by Gasteiger charge is -2.32. The summed E-state index contributed by atoms with van der Waals surface area (Å²) in [4.78, 5) is 13.9. The van der Waals surface area contributed by atoms with Gasteiger partial charge in [-0.1, -0.05) is 0 Å². The zero-order valence-corrected chi connectivity index (χ0v) is 10.6. The summed E-state index contributed by atoms with van der Waals surface area (Å²) in [5.41, 5.74) is 1.14. The molecule has 1 atom stereocenters. The lowest BCUT2D eigenvalue weighted by Crippen LogP contribution is -2.39. The number of alkyl halides is 1. The van der Waals surface area contributed by atoms with E-state index in [-0.39, 0.29) is 5.91 Å². The zero-order valence-electron chi connectivity index (χ0n) is 9.86. The van der Waals surface area contributed by atoms with Crippen LogP contribution >= 0.6 is 11.6 Å². The van der Waals surface area contributed by atoms with Crippen molar-refractivity contribution >= 4 is 17.5 Å². The van der Waals surface area contributed by atoms with Crippen molar-refractivity contribution in [3.63, 3.8) is 0 Å². The fourth-order valence-corrected chi connectivity index (χ4v) is 2.46. The number of likely N-dealkylation sites (tertiary alicyclic amines) is 1. The Bertz CT molecular complexity index is 353. The van der Waals surface area contributed by atoms with Gasteiger partial charge in [-0.3, -0.25) is 9.89 Å². The zero-order chi connectivity index (χ0) is 12.1. The number of halogens is 1. The average Bonchev–Trinajstić information content (AvgIpc) is 2.90. The van der Waals surface area contributed by atoms with Crippen LogP contribution in [0.3, 0.4) is 0 Å². The third-order valence-corrected chi connectivity index (χ3v) is 3.53. The largest absolute Gasteiger partial charge is 0.342 e. The minimum absolute atomic E-state index is 0.231. The molecule has 94 valence electrons. The maximum absolute atomic E-state index is 11.9. The molecule has 0 bridgehead atoms. The molecule has 1 fully saturated rings. The monoisotopic (exact) mass is 255 g/mol. The van der Waals surface area contributed by atoms with Crippen LogP contribution in [0.25, 0.3) is 0 Å². The predicted molar refractivity (Wildman–Crippen MR) is 67.1 cm³/mol. The molecule has 0 spiro atoms. The molecular formula is C12H18ClN3O. The lowest BCUT2D eigenvalue weighted by molar-refractivity contribution is -0.132. The molecule has 17 heavy (non-hydrogen) atoms. The Kier molecular flexibility index (Phi) is 4.42. The van der Waals surface area contributed by atoms with Crippen molar-refractivity contribution in [1.82, 2.24) is 15.1 Å². The summed E-state index contributed by atoms with van der Waals surface area (Å²) in [6.45, 7) is 1.69. The number of hydrogen-bond donors (Lipinski definition) is 1. The number of carbonyl (C=O) groups is 1. The van der Waals surface area contributed by atoms with E-state index in [1.54, 1.807) is 6.20 Å². The number of piperidine rings is 1. The van der Waals surface area contributed by atoms with Crippen LogP contribution in [0.15, 0.2) is 12.3 Å². The van der Waals surface area contributed by atoms with Gasteiger partial charge in [0.25, 0.3) is 0 Å². The maximum Gasteiger partial charge on any atom is 0.222 e. The molecule has 1 aliphatic heterocycles. The van der Waals surface area contributed by atoms with Gasteiger partial charge >= 0.3 is 0 Å². The summed E-state index contributed by atoms with van der Waals surface area (Å²) < 4.78 is 0. The Morgan fingerprint density at radius 3 is 3.24 bits per heavy atom. The number of nitrogens with zero attached hydrogens (tertiary/aromatic N) is 2. The van der Waals surface area contributed by atoms with Crippen LogP contribution in [0.1, 0.15) is 37.3 Å². The molecule has 0 aliphatic carbocycles. The van der Waals surface area contributed by atoms with Crippen molar-refractivity contribution in [2.45, 2.75) is 31.6 Å². The molecule has 1 aliphatic rings. The first kappa shape index (κ1) is 12.4. The van der Waals surface area contributed by atoms with Crippen molar-refractivity contribution < 1.29 is 4.79 Å². The Balaban J connectivity index is 1.90. The SMILES string of the molecule is O=C(CCCCl)N1CCCC(c2ccn[nH]2)C1. The van der Waals surface area contributed by atoms with Crippen molar-refractivity contribution in [3.8, 4) is 0 Å². The minimum atomic E-state index is 0.231. The van der Waals surface area contributed by atoms with Gasteiger partial charge in [0.05, 0.1) is 0 Å². The number of amides is 1. The fourth-order valence-electron chi connectivity index (χ4n) is 2.33. The van der Waals surface area contributed by atoms with E-state index in [2.05, 4.69) is 10.2 Å². The van der Waals surface area contributed by atoms with Crippen LogP contribution in [-0.4, -0.2) is 40.0 Å². The van der Waals surface area contributed by atoms with E-state index in [4.69, 9.17) is 11.6 Å². The molecule has 1 aromatic heterocycles. The normalized spacial score (nSPS) is 20.5. The number of aromatic amines is 1. The van der Waals surface area contributed by atoms with E-state index >= 15 is 0 Å². The van der Waals surface area contributed by atoms with Gasteiger partial charge < -0.3 is 4.90 Å². The third-order valence-electron chi connectivity index (χ3n) is 3.26. The number of aromatic nitrogens is 2. The van der Waals surface area contributed by atoms with Gasteiger partial charge in [0, 0.05) is 43.2 Å². The molecule has 0 radical (unpaired) electrons. The molecule has 2 rings (SSSR count). The number of nitrogens with one attached hydrogen (secondary N) is 1. The van der Waals surface area contributed by atoms with Gasteiger partial charge in [-0.25, -0.2) is 0 Å². The summed E-state index contributed by atoms with van der Waals surface area (Å²) in [5, 5.41) is 6.97. The molecule has 5 heteroatoms. The van der Waals surface area contributed by atoms with Gasteiger partial charge in [-0.05, 0) is 25.3 Å². The molecule has 1 N–H and O–H groups in total. The van der Waals surface area contributed by atoms with Gasteiger partial charge in [-0.15, -0.1) is 11.6 Å². The fraction of sp³-hybridized carbons (Fsp3) is 0.667. The summed E-state index contributed by atoms with van der Waals surface area (Å²) in [6.07, 6.45) is 5.30. The molecule has 1 saturated heterocycles. The maximum atomic E-state index is 11.9. The predicted octanol–water partition coefficient (Wildman–Crippen LogP) is 2.13. The van der Waals surface area contributed by atoms with Crippen molar-refractivity contribution in [2.75, 3.05) is 19.0 Å². The molecule has 0 saturated carbocycles. The summed E-state index contributed by atoms with van der Waals surface area (Å²) in [7, 11) is 0. The van der Waals surface area contributed by atoms with Crippen molar-refractivity contribution in [1.29, 1.82) is 0 Å². The van der Waals surface area contributed by atoms with E-state index in [1.165, 1.54) is 0 Å². The average molecular weight is 256 g/mol. The summed E-state index contributed by atoms with van der Waals surface area (Å²) in [6, 6.07) is 2.00. The smallest absolute Gasteiger partial charge is 0.222 e. The van der Waals surface area contributed by atoms with E-state index in [9.17, 15) is 4.79 Å². The highest BCUT2D eigenvalue weighted by atomic mass is 35.5. The van der Waals surface area contributed by atoms with Gasteiger partial charge in [0.15, 0.2) is 0 Å². The third kappa shape index (κ3) is 3.22. The quantitative estimate of drug-likeness (QED) is 0.838. The van der Waals surface area contributed by atoms with Gasteiger partial charge in [0.1, 0.15) is 0 Å². The highest BCUT2D eigenvalue weighted by Gasteiger charge is 2.24. The summed E-state index contributed by atoms with van der Waals surface area (Å²) >= 11 is 5.61. The first-order chi connectivity index (χ1) is 8.31. The van der Waals surface area contributed by atoms with E-state index in [0.29, 0.717) is 18.2 Å². The minimum Gasteiger partial charge on any atom is -0.342 e. The molecule has 1 unspecified atom stereocenters. The first-order valence-corrected chi connectivity index (χ1v) is 6.67. The molecule has 1 aromatic rings. The number of rotatable bonds is 4. The first-order valence-electron chi connectivity index (χ1n) is 6.14. The number of carbonyl (C=O) groups excluding carboxylic acids is 1. The highest BCUT2D eigenvalue weighted by molar-refractivity contribution is 6.17. The number of hydrogen-bond acceptors (Lipinski definition) is 2. The van der Waals surface area contributed by atoms with Crippen LogP contribution in [-0.2, 0) is 4.79 Å². The highest BCUT2D eigenvalue weighted by Crippen LogP contribution is 2.25. The van der Waals surface area contributed by atoms with Crippen LogP contribution < -0.4 is 0 Å². The van der Waals surface area contributed by atoms with Gasteiger partial charge in [0.2, 0.25) is 5.91 Å². The van der Waals surface area contributed by atoms with Crippen LogP contribution in [0, 0.1) is 0 Å². The Morgan fingerprint density at radius 1 is 1.65 bits per heavy atom. The molecular weight excluding hydrogens is 238 g/mol. The molecule has 1 amide bonds. The topological polar surface area (TPSA) is 49.0 Å². The second-order valence-corrected chi connectivity index (χ2v) is 4.86. The van der Waals surface area contributed by atoms with Crippen molar-refractivity contribution in [3.05, 3.63) is 18.0 Å². The van der Waals surface area contributed by atoms with Crippen LogP contribution in [0.2, 0.25) is 0 Å². The second-order valence-electron chi connectivity index (χ2n) is 4.48. The Hall–Kier alpha value is -1.03. The van der Waals surface area contributed by atoms with Crippen molar-refractivity contribution in [2.24, 2.45) is 0 Å². The van der Waals surface area contributed by atoms with E-state index in [0.717, 1.165) is 38.0 Å².